The summed E-state index contributed by atoms with van der Waals surface area (Å²) >= 11 is 0. The van der Waals surface area contributed by atoms with E-state index in [9.17, 15) is 13.2 Å². The molecule has 3 heterocycles. The van der Waals surface area contributed by atoms with Gasteiger partial charge in [0.1, 0.15) is 6.04 Å². The largest absolute Gasteiger partial charge is 0.418 e. The minimum Gasteiger partial charge on any atom is -0.370 e. The van der Waals surface area contributed by atoms with Gasteiger partial charge in [-0.15, -0.1) is 4.28 Å². The fourth-order valence-electron chi connectivity index (χ4n) is 2.92. The summed E-state index contributed by atoms with van der Waals surface area (Å²) in [5.41, 5.74) is 12.0. The van der Waals surface area contributed by atoms with Crippen molar-refractivity contribution >= 4 is 22.4 Å². The number of urea groups is 1. The molecular weight excluding hydrogens is 330 g/mol. The Balaban J connectivity index is 2.03. The maximum absolute atomic E-state index is 12.4. The van der Waals surface area contributed by atoms with Gasteiger partial charge in [-0.2, -0.15) is 18.6 Å². The van der Waals surface area contributed by atoms with Crippen LogP contribution in [-0.2, 0) is 21.7 Å². The number of carbonyl (C=O) groups is 1. The van der Waals surface area contributed by atoms with Crippen molar-refractivity contribution in [3.05, 3.63) is 17.5 Å². The molecule has 1 aromatic rings. The van der Waals surface area contributed by atoms with Crippen molar-refractivity contribution < 1.29 is 22.0 Å². The molecule has 2 bridgehead atoms. The first-order chi connectivity index (χ1) is 10.7. The van der Waals surface area contributed by atoms with Crippen LogP contribution in [0.1, 0.15) is 23.3 Å². The topological polar surface area (TPSA) is 169 Å². The predicted molar refractivity (Wildman–Crippen MR) is 75.9 cm³/mol. The number of carbonyl (C=O) groups excluding carboxylic acids is 1. The van der Waals surface area contributed by atoms with Crippen LogP contribution in [0.15, 0.2) is 11.2 Å². The quantitative estimate of drug-likeness (QED) is 0.328. The number of guanidine groups is 1. The van der Waals surface area contributed by atoms with E-state index in [0.717, 1.165) is 0 Å². The van der Waals surface area contributed by atoms with Crippen molar-refractivity contribution in [1.82, 2.24) is 19.7 Å². The minimum absolute atomic E-state index is 0.0903. The van der Waals surface area contributed by atoms with E-state index in [2.05, 4.69) is 14.4 Å². The van der Waals surface area contributed by atoms with Crippen LogP contribution in [0.25, 0.3) is 0 Å². The molecule has 2 aliphatic heterocycles. The molecule has 0 aliphatic carbocycles. The van der Waals surface area contributed by atoms with Crippen molar-refractivity contribution in [2.24, 2.45) is 23.5 Å². The number of nitrogens with two attached hydrogens (primary N) is 2. The van der Waals surface area contributed by atoms with Gasteiger partial charge in [0.2, 0.25) is 0 Å². The standard InChI is InChI=1S/C10H15N7O5S/c1-15-8-5(2-14-15)7-4-16(6(8)3-13-9(11)12)10(18)17(7)22-23(19,20)21/h2,6-7H,3-4H2,1H3,(H4,11,12,13)(H,19,20,21)/t6?,7-/m1/s1. The molecule has 2 amide bonds. The molecule has 1 saturated heterocycles. The Bertz CT molecular complexity index is 784. The Kier molecular flexibility index (Phi) is 3.42. The number of aryl methyl sites for hydroxylation is 1. The molecular formula is C10H15N7O5S. The van der Waals surface area contributed by atoms with Gasteiger partial charge in [0.15, 0.2) is 5.96 Å². The van der Waals surface area contributed by atoms with Gasteiger partial charge in [-0.25, -0.2) is 4.79 Å². The molecule has 3 rings (SSSR count). The van der Waals surface area contributed by atoms with Gasteiger partial charge in [0.05, 0.1) is 31.0 Å². The minimum atomic E-state index is -4.83. The molecule has 2 aliphatic rings. The van der Waals surface area contributed by atoms with Crippen LogP contribution in [0, 0.1) is 0 Å². The van der Waals surface area contributed by atoms with Crippen molar-refractivity contribution in [1.29, 1.82) is 0 Å². The van der Waals surface area contributed by atoms with E-state index in [-0.39, 0.29) is 19.0 Å². The van der Waals surface area contributed by atoms with Crippen LogP contribution in [0.4, 0.5) is 4.79 Å². The highest BCUT2D eigenvalue weighted by Gasteiger charge is 2.51. The SMILES string of the molecule is Cn1ncc2c1C(CN=C(N)N)N1C[C@H]2N(OS(=O)(=O)O)C1=O. The van der Waals surface area contributed by atoms with Gasteiger partial charge >= 0.3 is 16.4 Å². The average Bonchev–Trinajstić information content (AvgIpc) is 2.93. The molecule has 0 radical (unpaired) electrons. The highest BCUT2D eigenvalue weighted by molar-refractivity contribution is 7.80. The monoisotopic (exact) mass is 345 g/mol. The van der Waals surface area contributed by atoms with Crippen molar-refractivity contribution in [3.8, 4) is 0 Å². The molecule has 23 heavy (non-hydrogen) atoms. The summed E-state index contributed by atoms with van der Waals surface area (Å²) in [6.07, 6.45) is 1.51. The third-order valence-corrected chi connectivity index (χ3v) is 4.12. The zero-order valence-electron chi connectivity index (χ0n) is 12.0. The van der Waals surface area contributed by atoms with Crippen LogP contribution in [0.5, 0.6) is 0 Å². The van der Waals surface area contributed by atoms with Crippen molar-refractivity contribution in [2.75, 3.05) is 13.1 Å². The number of aliphatic imine (C=N–C) groups is 1. The molecule has 1 fully saturated rings. The maximum Gasteiger partial charge on any atom is 0.418 e. The second kappa shape index (κ2) is 5.07. The number of aromatic nitrogens is 2. The summed E-state index contributed by atoms with van der Waals surface area (Å²) in [4.78, 5) is 17.7. The normalized spacial score (nSPS) is 23.1. The second-order valence-electron chi connectivity index (χ2n) is 5.17. The van der Waals surface area contributed by atoms with Crippen LogP contribution < -0.4 is 11.5 Å². The maximum atomic E-state index is 12.4. The smallest absolute Gasteiger partial charge is 0.370 e. The fraction of sp³-hybridized carbons (Fsp3) is 0.500. The Morgan fingerprint density at radius 2 is 2.26 bits per heavy atom. The summed E-state index contributed by atoms with van der Waals surface area (Å²) in [5.74, 6) is -0.131. The van der Waals surface area contributed by atoms with Gasteiger partial charge in [-0.3, -0.25) is 14.2 Å². The van der Waals surface area contributed by atoms with Gasteiger partial charge in [0, 0.05) is 12.6 Å². The molecule has 2 atom stereocenters. The van der Waals surface area contributed by atoms with E-state index < -0.39 is 28.5 Å². The lowest BCUT2D eigenvalue weighted by atomic mass is 9.98. The lowest BCUT2D eigenvalue weighted by Gasteiger charge is -2.30. The molecule has 13 heteroatoms. The Hall–Kier alpha value is -2.38. The van der Waals surface area contributed by atoms with Gasteiger partial charge in [-0.1, -0.05) is 0 Å². The van der Waals surface area contributed by atoms with Crippen molar-refractivity contribution in [3.63, 3.8) is 0 Å². The molecule has 0 spiro atoms. The number of fused-ring (bicyclic) bond motifs is 4. The molecule has 5 N–H and O–H groups in total. The molecule has 126 valence electrons. The molecule has 1 aromatic heterocycles. The van der Waals surface area contributed by atoms with E-state index in [1.165, 1.54) is 11.1 Å². The third-order valence-electron chi connectivity index (χ3n) is 3.77. The summed E-state index contributed by atoms with van der Waals surface area (Å²) < 4.78 is 36.8. The summed E-state index contributed by atoms with van der Waals surface area (Å²) in [5, 5.41) is 4.74. The average molecular weight is 345 g/mol. The van der Waals surface area contributed by atoms with E-state index in [0.29, 0.717) is 16.3 Å². The number of hydroxylamine groups is 2. The Morgan fingerprint density at radius 1 is 1.57 bits per heavy atom. The van der Waals surface area contributed by atoms with E-state index in [1.54, 1.807) is 11.7 Å². The first kappa shape index (κ1) is 15.5. The number of hydrogen-bond donors (Lipinski definition) is 3. The van der Waals surface area contributed by atoms with Crippen LogP contribution in [-0.4, -0.2) is 57.8 Å². The number of amides is 2. The summed E-state index contributed by atoms with van der Waals surface area (Å²) in [7, 11) is -3.15. The number of rotatable bonds is 4. The van der Waals surface area contributed by atoms with Crippen LogP contribution in [0.3, 0.4) is 0 Å². The van der Waals surface area contributed by atoms with E-state index in [4.69, 9.17) is 16.0 Å². The third kappa shape index (κ3) is 2.58. The van der Waals surface area contributed by atoms with Gasteiger partial charge in [-0.05, 0) is 0 Å². The predicted octanol–water partition coefficient (Wildman–Crippen LogP) is -1.74. The fourth-order valence-corrected chi connectivity index (χ4v) is 3.29. The molecule has 0 aromatic carbocycles. The highest BCUT2D eigenvalue weighted by atomic mass is 32.3. The Morgan fingerprint density at radius 3 is 2.87 bits per heavy atom. The second-order valence-corrected chi connectivity index (χ2v) is 6.17. The molecule has 1 unspecified atom stereocenters. The molecule has 0 saturated carbocycles. The van der Waals surface area contributed by atoms with Crippen LogP contribution >= 0.6 is 0 Å². The van der Waals surface area contributed by atoms with Crippen LogP contribution in [0.2, 0.25) is 0 Å². The van der Waals surface area contributed by atoms with Gasteiger partial charge in [0.25, 0.3) is 0 Å². The lowest BCUT2D eigenvalue weighted by Crippen LogP contribution is -2.37. The molecule has 12 nitrogen and oxygen atoms in total. The zero-order valence-corrected chi connectivity index (χ0v) is 12.8. The van der Waals surface area contributed by atoms with Crippen molar-refractivity contribution in [2.45, 2.75) is 12.1 Å². The summed E-state index contributed by atoms with van der Waals surface area (Å²) in [6.45, 7) is 0.255. The Labute approximate surface area is 131 Å². The van der Waals surface area contributed by atoms with E-state index in [1.807, 2.05) is 0 Å². The summed E-state index contributed by atoms with van der Waals surface area (Å²) in [6, 6.07) is -1.94. The first-order valence-corrected chi connectivity index (χ1v) is 7.89. The van der Waals surface area contributed by atoms with Gasteiger partial charge < -0.3 is 16.4 Å². The zero-order chi connectivity index (χ0) is 16.9. The number of nitrogens with zero attached hydrogens (tertiary/aromatic N) is 5. The lowest BCUT2D eigenvalue weighted by molar-refractivity contribution is -0.0317. The number of hydrogen-bond acceptors (Lipinski definition) is 6. The highest BCUT2D eigenvalue weighted by Crippen LogP contribution is 2.43. The van der Waals surface area contributed by atoms with E-state index >= 15 is 0 Å². The first-order valence-electron chi connectivity index (χ1n) is 6.53.